The third kappa shape index (κ3) is 4.14. The van der Waals surface area contributed by atoms with Gasteiger partial charge in [0.15, 0.2) is 0 Å². The molecule has 6 rings (SSSR count). The Morgan fingerprint density at radius 2 is 2.03 bits per heavy atom. The molecule has 0 saturated carbocycles. The Bertz CT molecular complexity index is 1020. The van der Waals surface area contributed by atoms with Crippen molar-refractivity contribution >= 4 is 5.91 Å². The van der Waals surface area contributed by atoms with Gasteiger partial charge in [0.25, 0.3) is 0 Å². The number of likely N-dealkylation sites (tertiary alicyclic amines) is 1. The van der Waals surface area contributed by atoms with E-state index in [9.17, 15) is 4.79 Å². The van der Waals surface area contributed by atoms with Gasteiger partial charge in [0, 0.05) is 37.5 Å². The molecule has 2 aromatic rings. The molecular formula is C27H34N4O2. The lowest BCUT2D eigenvalue weighted by Gasteiger charge is -2.54. The summed E-state index contributed by atoms with van der Waals surface area (Å²) in [6.07, 6.45) is 12.2. The van der Waals surface area contributed by atoms with E-state index >= 15 is 0 Å². The molecule has 33 heavy (non-hydrogen) atoms. The zero-order valence-corrected chi connectivity index (χ0v) is 19.4. The van der Waals surface area contributed by atoms with Crippen molar-refractivity contribution in [2.45, 2.75) is 69.9 Å². The number of aryl methyl sites for hydroxylation is 1. The summed E-state index contributed by atoms with van der Waals surface area (Å²) in [7, 11) is 0. The van der Waals surface area contributed by atoms with Crippen LogP contribution >= 0.6 is 0 Å². The Balaban J connectivity index is 1.09. The Morgan fingerprint density at radius 1 is 1.12 bits per heavy atom. The van der Waals surface area contributed by atoms with Gasteiger partial charge in [0.2, 0.25) is 17.6 Å². The van der Waals surface area contributed by atoms with E-state index < -0.39 is 0 Å². The molecule has 6 nitrogen and oxygen atoms in total. The van der Waals surface area contributed by atoms with Crippen LogP contribution in [-0.2, 0) is 11.2 Å². The van der Waals surface area contributed by atoms with E-state index in [0.29, 0.717) is 48.3 Å². The second-order valence-corrected chi connectivity index (χ2v) is 10.3. The first-order valence-electron chi connectivity index (χ1n) is 12.9. The summed E-state index contributed by atoms with van der Waals surface area (Å²) in [5.41, 5.74) is 2.51. The predicted octanol–water partition coefficient (Wildman–Crippen LogP) is 4.48. The number of nitrogens with zero attached hydrogens (tertiary/aromatic N) is 4. The maximum absolute atomic E-state index is 13.3. The molecule has 3 fully saturated rings. The lowest BCUT2D eigenvalue weighted by atomic mass is 9.68. The highest BCUT2D eigenvalue weighted by Crippen LogP contribution is 2.45. The summed E-state index contributed by atoms with van der Waals surface area (Å²) >= 11 is 0. The molecule has 0 spiro atoms. The minimum absolute atomic E-state index is 0.299. The van der Waals surface area contributed by atoms with Crippen LogP contribution in [0.3, 0.4) is 0 Å². The van der Waals surface area contributed by atoms with Crippen molar-refractivity contribution in [3.8, 4) is 11.4 Å². The number of amides is 1. The minimum Gasteiger partial charge on any atom is -0.339 e. The smallest absolute Gasteiger partial charge is 0.226 e. The second kappa shape index (κ2) is 9.05. The minimum atomic E-state index is 0.299. The number of hydrogen-bond acceptors (Lipinski definition) is 5. The summed E-state index contributed by atoms with van der Waals surface area (Å²) in [5, 5.41) is 4.10. The molecule has 0 radical (unpaired) electrons. The van der Waals surface area contributed by atoms with Crippen LogP contribution in [0, 0.1) is 11.8 Å². The summed E-state index contributed by atoms with van der Waals surface area (Å²) < 4.78 is 5.44. The summed E-state index contributed by atoms with van der Waals surface area (Å²) in [6.45, 7) is 3.33. The largest absolute Gasteiger partial charge is 0.339 e. The van der Waals surface area contributed by atoms with Crippen LogP contribution in [-0.4, -0.2) is 57.6 Å². The topological polar surface area (TPSA) is 62.5 Å². The number of carbonyl (C=O) groups excluding carboxylic acids is 1. The first kappa shape index (κ1) is 21.1. The number of benzene rings is 1. The van der Waals surface area contributed by atoms with Gasteiger partial charge in [-0.2, -0.15) is 4.98 Å². The quantitative estimate of drug-likeness (QED) is 0.634. The number of hydrogen-bond donors (Lipinski definition) is 0. The molecule has 2 bridgehead atoms. The Labute approximate surface area is 196 Å². The number of carbonyl (C=O) groups is 1. The molecule has 0 N–H and O–H groups in total. The molecule has 4 atom stereocenters. The molecule has 1 aliphatic carbocycles. The molecule has 174 valence electrons. The van der Waals surface area contributed by atoms with Crippen molar-refractivity contribution in [2.75, 3.05) is 19.6 Å². The normalized spacial score (nSPS) is 29.2. The molecule has 2 unspecified atom stereocenters. The van der Waals surface area contributed by atoms with E-state index in [4.69, 9.17) is 4.52 Å². The van der Waals surface area contributed by atoms with Gasteiger partial charge in [-0.3, -0.25) is 9.69 Å². The highest BCUT2D eigenvalue weighted by Gasteiger charge is 2.46. The summed E-state index contributed by atoms with van der Waals surface area (Å²) in [5.74, 6) is 2.85. The highest BCUT2D eigenvalue weighted by atomic mass is 16.5. The SMILES string of the molecule is O=C(CCCc1nc(-c2ccccc2)no1)N1CCCC2=C[C@H]3C[C@@H](CN4CCCCC34)C21. The number of rotatable bonds is 5. The van der Waals surface area contributed by atoms with Crippen molar-refractivity contribution in [1.82, 2.24) is 19.9 Å². The molecular weight excluding hydrogens is 412 g/mol. The Hall–Kier alpha value is -2.47. The molecule has 4 heterocycles. The fourth-order valence-electron chi connectivity index (χ4n) is 6.85. The van der Waals surface area contributed by atoms with E-state index in [1.807, 2.05) is 30.3 Å². The van der Waals surface area contributed by atoms with E-state index in [1.54, 1.807) is 5.57 Å². The Morgan fingerprint density at radius 3 is 2.94 bits per heavy atom. The molecule has 1 aromatic carbocycles. The summed E-state index contributed by atoms with van der Waals surface area (Å²) in [4.78, 5) is 22.8. The van der Waals surface area contributed by atoms with Crippen molar-refractivity contribution in [2.24, 2.45) is 11.8 Å². The van der Waals surface area contributed by atoms with Crippen LogP contribution in [0.15, 0.2) is 46.5 Å². The average Bonchev–Trinajstić information content (AvgIpc) is 3.33. The lowest BCUT2D eigenvalue weighted by molar-refractivity contribution is -0.136. The first-order valence-corrected chi connectivity index (χ1v) is 12.9. The number of aromatic nitrogens is 2. The molecule has 3 saturated heterocycles. The number of piperidine rings is 3. The fraction of sp³-hybridized carbons (Fsp3) is 0.593. The van der Waals surface area contributed by atoms with Gasteiger partial charge in [-0.1, -0.05) is 53.6 Å². The third-order valence-corrected chi connectivity index (χ3v) is 8.26. The van der Waals surface area contributed by atoms with Crippen LogP contribution in [0.25, 0.3) is 11.4 Å². The maximum atomic E-state index is 13.3. The first-order chi connectivity index (χ1) is 16.3. The van der Waals surface area contributed by atoms with Gasteiger partial charge in [-0.25, -0.2) is 0 Å². The van der Waals surface area contributed by atoms with Gasteiger partial charge in [0.05, 0.1) is 6.04 Å². The third-order valence-electron chi connectivity index (χ3n) is 8.26. The highest BCUT2D eigenvalue weighted by molar-refractivity contribution is 5.77. The maximum Gasteiger partial charge on any atom is 0.226 e. The van der Waals surface area contributed by atoms with Crippen LogP contribution in [0.4, 0.5) is 0 Å². The molecule has 1 amide bonds. The van der Waals surface area contributed by atoms with Crippen LogP contribution in [0.2, 0.25) is 0 Å². The van der Waals surface area contributed by atoms with E-state index in [1.165, 1.54) is 45.2 Å². The Kier molecular flexibility index (Phi) is 5.78. The molecule has 1 aromatic heterocycles. The van der Waals surface area contributed by atoms with Crippen LogP contribution in [0.1, 0.15) is 57.3 Å². The van der Waals surface area contributed by atoms with Crippen molar-refractivity contribution in [1.29, 1.82) is 0 Å². The zero-order chi connectivity index (χ0) is 22.2. The lowest BCUT2D eigenvalue weighted by Crippen LogP contribution is -2.60. The van der Waals surface area contributed by atoms with Crippen LogP contribution in [0.5, 0.6) is 0 Å². The predicted molar refractivity (Wildman–Crippen MR) is 126 cm³/mol. The van der Waals surface area contributed by atoms with E-state index in [-0.39, 0.29) is 0 Å². The number of fused-ring (bicyclic) bond motifs is 6. The molecule has 3 aliphatic heterocycles. The van der Waals surface area contributed by atoms with Gasteiger partial charge in [0.1, 0.15) is 0 Å². The van der Waals surface area contributed by atoms with E-state index in [0.717, 1.165) is 31.0 Å². The van der Waals surface area contributed by atoms with Crippen molar-refractivity contribution in [3.63, 3.8) is 0 Å². The monoisotopic (exact) mass is 446 g/mol. The molecule has 4 aliphatic rings. The van der Waals surface area contributed by atoms with Gasteiger partial charge in [-0.05, 0) is 56.9 Å². The fourth-order valence-corrected chi connectivity index (χ4v) is 6.85. The standard InChI is InChI=1S/C27H34N4O2/c32-25(13-6-12-24-28-27(29-33-24)19-8-2-1-3-9-19)31-15-7-10-20-16-21-17-22(26(20)31)18-30-14-5-4-11-23(21)30/h1-3,8-9,16,21-23,26H,4-7,10-15,17-18H2/t21-,22-,23?,26?/m0/s1. The van der Waals surface area contributed by atoms with E-state index in [2.05, 4.69) is 26.0 Å². The average molecular weight is 447 g/mol. The summed E-state index contributed by atoms with van der Waals surface area (Å²) in [6, 6.07) is 11.0. The van der Waals surface area contributed by atoms with Gasteiger partial charge in [-0.15, -0.1) is 0 Å². The van der Waals surface area contributed by atoms with Crippen molar-refractivity contribution < 1.29 is 9.32 Å². The second-order valence-electron chi connectivity index (χ2n) is 10.3. The molecule has 6 heteroatoms. The van der Waals surface area contributed by atoms with Crippen molar-refractivity contribution in [3.05, 3.63) is 47.9 Å². The van der Waals surface area contributed by atoms with Crippen LogP contribution < -0.4 is 0 Å². The van der Waals surface area contributed by atoms with Gasteiger partial charge >= 0.3 is 0 Å². The van der Waals surface area contributed by atoms with Gasteiger partial charge < -0.3 is 9.42 Å². The zero-order valence-electron chi connectivity index (χ0n) is 19.4.